The van der Waals surface area contributed by atoms with Crippen LogP contribution in [0.4, 0.5) is 15.3 Å². The van der Waals surface area contributed by atoms with E-state index in [9.17, 15) is 29.7 Å². The normalized spacial score (nSPS) is 17.5. The molecule has 3 atom stereocenters. The van der Waals surface area contributed by atoms with Crippen molar-refractivity contribution in [1.82, 2.24) is 10.6 Å². The van der Waals surface area contributed by atoms with Gasteiger partial charge in [-0.15, -0.1) is 0 Å². The molecule has 196 valence electrons. The number of hydrogen-bond acceptors (Lipinski definition) is 10. The van der Waals surface area contributed by atoms with E-state index >= 15 is 0 Å². The van der Waals surface area contributed by atoms with Gasteiger partial charge < -0.3 is 50.5 Å². The minimum atomic E-state index is -1.21. The average Bonchev–Trinajstić information content (AvgIpc) is 2.83. The Morgan fingerprint density at radius 2 is 1.40 bits per heavy atom. The van der Waals surface area contributed by atoms with Crippen molar-refractivity contribution in [2.24, 2.45) is 0 Å². The number of aliphatic hydroxyl groups excluding tert-OH is 5. The van der Waals surface area contributed by atoms with Crippen molar-refractivity contribution < 1.29 is 49.4 Å². The summed E-state index contributed by atoms with van der Waals surface area (Å²) in [5, 5.41) is 51.4. The summed E-state index contributed by atoms with van der Waals surface area (Å²) in [6.07, 6.45) is -4.73. The smallest absolute Gasteiger partial charge is 0.408 e. The molecule has 1 fully saturated rings. The Morgan fingerprint density at radius 1 is 0.943 bits per heavy atom. The first kappa shape index (κ1) is 30.4. The Balaban J connectivity index is 2.47. The summed E-state index contributed by atoms with van der Waals surface area (Å²) >= 11 is 5.56. The lowest BCUT2D eigenvalue weighted by atomic mass is 10.1. The summed E-state index contributed by atoms with van der Waals surface area (Å²) < 4.78 is 11.7. The van der Waals surface area contributed by atoms with Gasteiger partial charge in [0.25, 0.3) is 5.91 Å². The van der Waals surface area contributed by atoms with Gasteiger partial charge in [-0.05, 0) is 80.6 Å². The third-order valence-electron chi connectivity index (χ3n) is 4.67. The van der Waals surface area contributed by atoms with Crippen molar-refractivity contribution >= 4 is 91.6 Å². The minimum absolute atomic E-state index is 0.0383. The lowest BCUT2D eigenvalue weighted by Gasteiger charge is -2.32. The van der Waals surface area contributed by atoms with Crippen LogP contribution in [0.1, 0.15) is 12.8 Å². The molecule has 0 aromatic heterocycles. The van der Waals surface area contributed by atoms with Crippen LogP contribution in [0.5, 0.6) is 11.5 Å². The van der Waals surface area contributed by atoms with E-state index in [-0.39, 0.29) is 40.4 Å². The molecule has 16 heteroatoms. The molecule has 1 heterocycles. The van der Waals surface area contributed by atoms with Crippen LogP contribution >= 0.6 is 67.8 Å². The first-order chi connectivity index (χ1) is 16.5. The van der Waals surface area contributed by atoms with E-state index in [1.165, 1.54) is 4.90 Å². The van der Waals surface area contributed by atoms with Gasteiger partial charge in [0.2, 0.25) is 0 Å². The number of carbonyl (C=O) groups excluding carboxylic acids is 3. The molecule has 0 saturated carbocycles. The summed E-state index contributed by atoms with van der Waals surface area (Å²) in [6, 6.07) is 0. The van der Waals surface area contributed by atoms with Gasteiger partial charge in [-0.25, -0.2) is 9.59 Å². The fourth-order valence-corrected chi connectivity index (χ4v) is 7.08. The monoisotopic (exact) mass is 835 g/mol. The van der Waals surface area contributed by atoms with E-state index in [1.807, 2.05) is 45.2 Å². The Morgan fingerprint density at radius 3 is 1.83 bits per heavy atom. The number of aliphatic hydroxyl groups is 5. The van der Waals surface area contributed by atoms with Crippen molar-refractivity contribution in [1.29, 1.82) is 0 Å². The molecule has 0 radical (unpaired) electrons. The fraction of sp³-hybridized carbons (Fsp3) is 0.526. The first-order valence-electron chi connectivity index (χ1n) is 10.2. The van der Waals surface area contributed by atoms with Crippen LogP contribution in [0.15, 0.2) is 0 Å². The van der Waals surface area contributed by atoms with Crippen LogP contribution in [0.25, 0.3) is 0 Å². The predicted octanol–water partition coefficient (Wildman–Crippen LogP) is -0.129. The molecule has 3 amide bonds. The molecule has 1 aliphatic heterocycles. The van der Waals surface area contributed by atoms with Gasteiger partial charge in [-0.2, -0.15) is 0 Å². The summed E-state index contributed by atoms with van der Waals surface area (Å²) in [6.45, 7) is -1.43. The number of hydrogen-bond donors (Lipinski definition) is 7. The van der Waals surface area contributed by atoms with Crippen molar-refractivity contribution in [2.45, 2.75) is 31.2 Å². The number of anilines is 1. The minimum Gasteiger partial charge on any atom is -0.408 e. The number of nitrogens with zero attached hydrogens (tertiary/aromatic N) is 1. The summed E-state index contributed by atoms with van der Waals surface area (Å²) in [7, 11) is 0. The number of carbonyl (C=O) groups is 3. The molecule has 0 aliphatic carbocycles. The zero-order chi connectivity index (χ0) is 26.3. The highest BCUT2D eigenvalue weighted by Crippen LogP contribution is 2.46. The molecule has 1 aromatic carbocycles. The van der Waals surface area contributed by atoms with Gasteiger partial charge in [-0.3, -0.25) is 4.79 Å². The molecule has 35 heavy (non-hydrogen) atoms. The quantitative estimate of drug-likeness (QED) is 0.165. The number of amides is 3. The van der Waals surface area contributed by atoms with E-state index in [0.29, 0.717) is 20.0 Å². The number of benzene rings is 1. The molecule has 1 aromatic rings. The van der Waals surface area contributed by atoms with Gasteiger partial charge >= 0.3 is 12.2 Å². The molecule has 1 saturated heterocycles. The van der Waals surface area contributed by atoms with Crippen LogP contribution in [0, 0.1) is 10.7 Å². The van der Waals surface area contributed by atoms with Crippen LogP contribution in [-0.2, 0) is 4.79 Å². The molecular weight excluding hydrogens is 811 g/mol. The third kappa shape index (κ3) is 8.10. The lowest BCUT2D eigenvalue weighted by molar-refractivity contribution is -0.128. The molecular formula is C19H24I3N3O10. The molecule has 3 unspecified atom stereocenters. The van der Waals surface area contributed by atoms with E-state index in [0.717, 1.165) is 0 Å². The van der Waals surface area contributed by atoms with Crippen molar-refractivity contribution in [3.63, 3.8) is 0 Å². The Kier molecular flexibility index (Phi) is 12.4. The molecule has 7 N–H and O–H groups in total. The topological polar surface area (TPSA) is 198 Å². The largest absolute Gasteiger partial charge is 0.412 e. The van der Waals surface area contributed by atoms with Crippen molar-refractivity contribution in [2.75, 3.05) is 37.7 Å². The second kappa shape index (κ2) is 14.2. The Bertz CT molecular complexity index is 896. The Labute approximate surface area is 240 Å². The molecule has 2 rings (SSSR count). The number of piperidine rings is 1. The van der Waals surface area contributed by atoms with Crippen LogP contribution in [0.3, 0.4) is 0 Å². The number of nitrogens with one attached hydrogen (secondary N) is 2. The van der Waals surface area contributed by atoms with Crippen LogP contribution in [-0.4, -0.2) is 94.8 Å². The second-order valence-corrected chi connectivity index (χ2v) is 10.5. The predicted molar refractivity (Wildman–Crippen MR) is 146 cm³/mol. The highest BCUT2D eigenvalue weighted by Gasteiger charge is 2.35. The summed E-state index contributed by atoms with van der Waals surface area (Å²) in [4.78, 5) is 38.7. The second-order valence-electron chi connectivity index (χ2n) is 7.31. The SMILES string of the molecule is O=C(NCC(O)CO)Oc1c(I)c(OC(=O)NCC(O)CO)c(I)c(N2CCCC(O)C2=O)c1I. The van der Waals surface area contributed by atoms with Gasteiger partial charge in [0.1, 0.15) is 9.67 Å². The first-order valence-corrected chi connectivity index (χ1v) is 13.4. The maximum Gasteiger partial charge on any atom is 0.412 e. The molecule has 0 bridgehead atoms. The average molecular weight is 835 g/mol. The van der Waals surface area contributed by atoms with Crippen LogP contribution < -0.4 is 25.0 Å². The van der Waals surface area contributed by atoms with Gasteiger partial charge in [-0.1, -0.05) is 0 Å². The van der Waals surface area contributed by atoms with E-state index in [4.69, 9.17) is 19.7 Å². The standard InChI is InChI=1S/C19H24I3N3O10/c20-11-14(25-3-1-2-10(30)17(25)31)12(21)16(35-19(33)24-5-9(29)7-27)13(22)15(11)34-18(32)23-4-8(28)6-26/h8-10,26-30H,1-7H2,(H,23,32)(H,24,33). The molecule has 1 aliphatic rings. The summed E-state index contributed by atoms with van der Waals surface area (Å²) in [5.41, 5.74) is 0.270. The maximum atomic E-state index is 12.7. The fourth-order valence-electron chi connectivity index (χ4n) is 2.89. The molecule has 0 spiro atoms. The third-order valence-corrected chi connectivity index (χ3v) is 7.65. The zero-order valence-corrected chi connectivity index (χ0v) is 24.5. The Hall–Kier alpha value is -0.780. The maximum absolute atomic E-state index is 12.7. The lowest BCUT2D eigenvalue weighted by Crippen LogP contribution is -2.45. The van der Waals surface area contributed by atoms with Gasteiger partial charge in [0.15, 0.2) is 11.5 Å². The van der Waals surface area contributed by atoms with E-state index in [1.54, 1.807) is 22.6 Å². The highest BCUT2D eigenvalue weighted by molar-refractivity contribution is 14.1. The summed E-state index contributed by atoms with van der Waals surface area (Å²) in [5.74, 6) is -0.636. The van der Waals surface area contributed by atoms with Gasteiger partial charge in [0, 0.05) is 19.6 Å². The number of ether oxygens (including phenoxy) is 2. The van der Waals surface area contributed by atoms with E-state index in [2.05, 4.69) is 10.6 Å². The molecule has 13 nitrogen and oxygen atoms in total. The van der Waals surface area contributed by atoms with Crippen molar-refractivity contribution in [3.8, 4) is 11.5 Å². The van der Waals surface area contributed by atoms with E-state index < -0.39 is 49.6 Å². The number of rotatable bonds is 9. The highest BCUT2D eigenvalue weighted by atomic mass is 127. The van der Waals surface area contributed by atoms with Crippen molar-refractivity contribution in [3.05, 3.63) is 10.7 Å². The number of halogens is 3. The van der Waals surface area contributed by atoms with Gasteiger partial charge in [0.05, 0.1) is 38.2 Å². The van der Waals surface area contributed by atoms with Crippen LogP contribution in [0.2, 0.25) is 0 Å². The zero-order valence-electron chi connectivity index (χ0n) is 18.0.